The number of fused-ring (bicyclic) bond motifs is 1. The van der Waals surface area contributed by atoms with Gasteiger partial charge in [-0.25, -0.2) is 0 Å². The van der Waals surface area contributed by atoms with Crippen LogP contribution in [0.5, 0.6) is 5.75 Å². The predicted molar refractivity (Wildman–Crippen MR) is 81.7 cm³/mol. The highest BCUT2D eigenvalue weighted by Gasteiger charge is 2.41. The number of nitrogens with two attached hydrogens (primary N) is 1. The molecule has 0 radical (unpaired) electrons. The molecule has 0 aliphatic heterocycles. The minimum atomic E-state index is -0.0174. The van der Waals surface area contributed by atoms with Gasteiger partial charge in [0.2, 0.25) is 0 Å². The summed E-state index contributed by atoms with van der Waals surface area (Å²) in [5.74, 6) is 0.952. The van der Waals surface area contributed by atoms with Crippen LogP contribution in [0.15, 0.2) is 18.2 Å². The molecule has 4 heteroatoms. The van der Waals surface area contributed by atoms with Gasteiger partial charge in [0.05, 0.1) is 13.2 Å². The van der Waals surface area contributed by atoms with E-state index in [1.54, 1.807) is 7.11 Å². The maximum atomic E-state index is 6.08. The second-order valence-electron chi connectivity index (χ2n) is 6.02. The molecule has 3 rings (SSSR count). The highest BCUT2D eigenvalue weighted by atomic mass is 16.6. The van der Waals surface area contributed by atoms with Gasteiger partial charge in [0.25, 0.3) is 0 Å². The van der Waals surface area contributed by atoms with Crippen LogP contribution in [0.2, 0.25) is 0 Å². The van der Waals surface area contributed by atoms with Gasteiger partial charge in [-0.15, -0.1) is 0 Å². The van der Waals surface area contributed by atoms with Crippen molar-refractivity contribution in [3.05, 3.63) is 29.3 Å². The molecule has 1 fully saturated rings. The van der Waals surface area contributed by atoms with E-state index >= 15 is 0 Å². The topological polar surface area (TPSA) is 53.7 Å². The summed E-state index contributed by atoms with van der Waals surface area (Å²) in [6.45, 7) is 1.16. The SMILES string of the molecule is COCCOC1C(N)CC1Oc1ccc2c(c1)CCCC2. The van der Waals surface area contributed by atoms with Crippen molar-refractivity contribution in [1.82, 2.24) is 0 Å². The normalized spacial score (nSPS) is 27.8. The van der Waals surface area contributed by atoms with Gasteiger partial charge in [-0.1, -0.05) is 6.07 Å². The van der Waals surface area contributed by atoms with Gasteiger partial charge in [-0.3, -0.25) is 0 Å². The number of methoxy groups -OCH3 is 1. The molecule has 2 N–H and O–H groups in total. The monoisotopic (exact) mass is 291 g/mol. The second kappa shape index (κ2) is 6.77. The molecule has 0 saturated heterocycles. The van der Waals surface area contributed by atoms with Crippen LogP contribution in [-0.4, -0.2) is 38.6 Å². The van der Waals surface area contributed by atoms with Crippen molar-refractivity contribution < 1.29 is 14.2 Å². The average molecular weight is 291 g/mol. The van der Waals surface area contributed by atoms with E-state index in [9.17, 15) is 0 Å². The fourth-order valence-electron chi connectivity index (χ4n) is 3.19. The van der Waals surface area contributed by atoms with Crippen LogP contribution in [0.3, 0.4) is 0 Å². The fraction of sp³-hybridized carbons (Fsp3) is 0.647. The maximum Gasteiger partial charge on any atom is 0.128 e. The van der Waals surface area contributed by atoms with Crippen LogP contribution in [0, 0.1) is 0 Å². The molecule has 1 saturated carbocycles. The number of aryl methyl sites for hydroxylation is 2. The van der Waals surface area contributed by atoms with Crippen molar-refractivity contribution in [2.24, 2.45) is 5.73 Å². The zero-order valence-electron chi connectivity index (χ0n) is 12.7. The van der Waals surface area contributed by atoms with E-state index in [-0.39, 0.29) is 18.2 Å². The molecular formula is C17H25NO3. The van der Waals surface area contributed by atoms with E-state index in [4.69, 9.17) is 19.9 Å². The van der Waals surface area contributed by atoms with E-state index < -0.39 is 0 Å². The first-order chi connectivity index (χ1) is 10.3. The van der Waals surface area contributed by atoms with Crippen LogP contribution >= 0.6 is 0 Å². The number of rotatable bonds is 6. The van der Waals surface area contributed by atoms with Crippen molar-refractivity contribution in [2.75, 3.05) is 20.3 Å². The van der Waals surface area contributed by atoms with Crippen LogP contribution in [0.1, 0.15) is 30.4 Å². The maximum absolute atomic E-state index is 6.08. The minimum absolute atomic E-state index is 0.0174. The Bertz CT molecular complexity index is 477. The molecule has 1 aromatic rings. The molecular weight excluding hydrogens is 266 g/mol. The molecule has 4 nitrogen and oxygen atoms in total. The summed E-state index contributed by atoms with van der Waals surface area (Å²) in [5.41, 5.74) is 8.94. The number of hydrogen-bond acceptors (Lipinski definition) is 4. The lowest BCUT2D eigenvalue weighted by atomic mass is 9.86. The Hall–Kier alpha value is -1.10. The van der Waals surface area contributed by atoms with Crippen molar-refractivity contribution in [1.29, 1.82) is 0 Å². The van der Waals surface area contributed by atoms with Gasteiger partial charge in [0.15, 0.2) is 0 Å². The van der Waals surface area contributed by atoms with Crippen molar-refractivity contribution in [2.45, 2.75) is 50.4 Å². The van der Waals surface area contributed by atoms with Gasteiger partial charge in [-0.2, -0.15) is 0 Å². The fourth-order valence-corrected chi connectivity index (χ4v) is 3.19. The van der Waals surface area contributed by atoms with E-state index in [1.165, 1.54) is 36.8 Å². The van der Waals surface area contributed by atoms with E-state index in [0.717, 1.165) is 12.2 Å². The zero-order valence-corrected chi connectivity index (χ0v) is 12.7. The van der Waals surface area contributed by atoms with E-state index in [2.05, 4.69) is 18.2 Å². The van der Waals surface area contributed by atoms with Gasteiger partial charge >= 0.3 is 0 Å². The molecule has 2 aliphatic carbocycles. The summed E-state index contributed by atoms with van der Waals surface area (Å²) in [6.07, 6.45) is 5.87. The van der Waals surface area contributed by atoms with Gasteiger partial charge in [-0.05, 0) is 48.9 Å². The lowest BCUT2D eigenvalue weighted by Gasteiger charge is -2.41. The largest absolute Gasteiger partial charge is 0.488 e. The lowest BCUT2D eigenvalue weighted by molar-refractivity contribution is -0.107. The molecule has 1 aromatic carbocycles. The molecule has 3 unspecified atom stereocenters. The van der Waals surface area contributed by atoms with Crippen LogP contribution in [0.4, 0.5) is 0 Å². The summed E-state index contributed by atoms with van der Waals surface area (Å²) in [4.78, 5) is 0. The van der Waals surface area contributed by atoms with E-state index in [1.807, 2.05) is 0 Å². The quantitative estimate of drug-likeness (QED) is 0.815. The van der Waals surface area contributed by atoms with Gasteiger partial charge in [0, 0.05) is 19.6 Å². The Morgan fingerprint density at radius 3 is 2.71 bits per heavy atom. The van der Waals surface area contributed by atoms with Crippen molar-refractivity contribution in [3.63, 3.8) is 0 Å². The Labute approximate surface area is 126 Å². The number of ether oxygens (including phenoxy) is 3. The van der Waals surface area contributed by atoms with Crippen LogP contribution < -0.4 is 10.5 Å². The Kier molecular flexibility index (Phi) is 4.78. The standard InChI is InChI=1S/C17H25NO3/c1-19-8-9-20-17-15(18)11-16(17)21-14-7-6-12-4-2-3-5-13(12)10-14/h6-7,10,15-17H,2-5,8-9,11,18H2,1H3. The highest BCUT2D eigenvalue weighted by molar-refractivity contribution is 5.37. The zero-order chi connectivity index (χ0) is 14.7. The minimum Gasteiger partial charge on any atom is -0.488 e. The van der Waals surface area contributed by atoms with Gasteiger partial charge < -0.3 is 19.9 Å². The van der Waals surface area contributed by atoms with Crippen molar-refractivity contribution in [3.8, 4) is 5.75 Å². The van der Waals surface area contributed by atoms with Crippen LogP contribution in [-0.2, 0) is 22.3 Å². The summed E-state index contributed by atoms with van der Waals surface area (Å²) >= 11 is 0. The summed E-state index contributed by atoms with van der Waals surface area (Å²) in [6, 6.07) is 6.57. The third kappa shape index (κ3) is 3.39. The number of hydrogen-bond donors (Lipinski definition) is 1. The Balaban J connectivity index is 1.58. The summed E-state index contributed by atoms with van der Waals surface area (Å²) in [5, 5.41) is 0. The molecule has 0 aromatic heterocycles. The third-order valence-corrected chi connectivity index (χ3v) is 4.50. The first-order valence-corrected chi connectivity index (χ1v) is 7.92. The summed E-state index contributed by atoms with van der Waals surface area (Å²) in [7, 11) is 1.67. The number of benzene rings is 1. The molecule has 0 bridgehead atoms. The van der Waals surface area contributed by atoms with Crippen molar-refractivity contribution >= 4 is 0 Å². The molecule has 0 heterocycles. The first-order valence-electron chi connectivity index (χ1n) is 7.92. The lowest BCUT2D eigenvalue weighted by Crippen LogP contribution is -2.59. The Morgan fingerprint density at radius 1 is 1.14 bits per heavy atom. The molecule has 0 spiro atoms. The first kappa shape index (κ1) is 14.8. The predicted octanol–water partition coefficient (Wildman–Crippen LogP) is 2.08. The Morgan fingerprint density at radius 2 is 1.95 bits per heavy atom. The highest BCUT2D eigenvalue weighted by Crippen LogP contribution is 2.30. The smallest absolute Gasteiger partial charge is 0.128 e. The summed E-state index contributed by atoms with van der Waals surface area (Å²) < 4.78 is 16.8. The molecule has 0 amide bonds. The van der Waals surface area contributed by atoms with E-state index in [0.29, 0.717) is 13.2 Å². The average Bonchev–Trinajstić information content (AvgIpc) is 2.51. The molecule has 3 atom stereocenters. The van der Waals surface area contributed by atoms with Crippen LogP contribution in [0.25, 0.3) is 0 Å². The molecule has 21 heavy (non-hydrogen) atoms. The third-order valence-electron chi connectivity index (χ3n) is 4.50. The van der Waals surface area contributed by atoms with Gasteiger partial charge in [0.1, 0.15) is 18.0 Å². The molecule has 2 aliphatic rings. The second-order valence-corrected chi connectivity index (χ2v) is 6.02. The molecule has 116 valence electrons.